The van der Waals surface area contributed by atoms with Crippen molar-refractivity contribution in [2.24, 2.45) is 0 Å². The third-order valence-electron chi connectivity index (χ3n) is 3.38. The predicted octanol–water partition coefficient (Wildman–Crippen LogP) is 1.75. The maximum Gasteiger partial charge on any atom is 0.261 e. The lowest BCUT2D eigenvalue weighted by Crippen LogP contribution is -2.31. The van der Waals surface area contributed by atoms with Gasteiger partial charge in [-0.05, 0) is 44.8 Å². The summed E-state index contributed by atoms with van der Waals surface area (Å²) in [4.78, 5) is 4.63. The van der Waals surface area contributed by atoms with Crippen LogP contribution in [0.3, 0.4) is 0 Å². The average molecular weight is 289 g/mol. The molecular formula is C12H17ClN2O2S. The maximum atomic E-state index is 11.2. The van der Waals surface area contributed by atoms with Crippen molar-refractivity contribution >= 4 is 25.4 Å². The molecule has 0 saturated carbocycles. The van der Waals surface area contributed by atoms with Crippen molar-refractivity contribution < 1.29 is 8.42 Å². The Morgan fingerprint density at radius 3 is 2.33 bits per heavy atom. The number of likely N-dealkylation sites (N-methyl/N-ethyl adjacent to an activating group) is 1. The zero-order valence-corrected chi connectivity index (χ0v) is 12.1. The fourth-order valence-corrected chi connectivity index (χ4v) is 2.99. The Morgan fingerprint density at radius 2 is 1.89 bits per heavy atom. The smallest absolute Gasteiger partial charge is 0.261 e. The van der Waals surface area contributed by atoms with Crippen LogP contribution in [-0.2, 0) is 9.05 Å². The second-order valence-corrected chi connectivity index (χ2v) is 7.35. The second kappa shape index (κ2) is 5.07. The second-order valence-electron chi connectivity index (χ2n) is 4.78. The number of anilines is 1. The maximum absolute atomic E-state index is 11.2. The topological polar surface area (TPSA) is 40.6 Å². The summed E-state index contributed by atoms with van der Waals surface area (Å²) in [5, 5.41) is 0. The fourth-order valence-electron chi connectivity index (χ4n) is 2.22. The van der Waals surface area contributed by atoms with Crippen LogP contribution in [0.15, 0.2) is 29.2 Å². The van der Waals surface area contributed by atoms with Gasteiger partial charge >= 0.3 is 0 Å². The predicted molar refractivity (Wildman–Crippen MR) is 73.8 cm³/mol. The van der Waals surface area contributed by atoms with Crippen molar-refractivity contribution in [3.63, 3.8) is 0 Å². The summed E-state index contributed by atoms with van der Waals surface area (Å²) in [6.07, 6.45) is 1.13. The third kappa shape index (κ3) is 2.96. The molecule has 0 spiro atoms. The van der Waals surface area contributed by atoms with Crippen molar-refractivity contribution in [2.75, 3.05) is 32.1 Å². The van der Waals surface area contributed by atoms with Gasteiger partial charge in [0.25, 0.3) is 9.05 Å². The normalized spacial score (nSPS) is 20.7. The van der Waals surface area contributed by atoms with Crippen LogP contribution in [0.1, 0.15) is 6.42 Å². The highest BCUT2D eigenvalue weighted by molar-refractivity contribution is 8.13. The lowest BCUT2D eigenvalue weighted by molar-refractivity contribution is 0.315. The highest BCUT2D eigenvalue weighted by Crippen LogP contribution is 2.24. The summed E-state index contributed by atoms with van der Waals surface area (Å²) in [5.41, 5.74) is 1.04. The van der Waals surface area contributed by atoms with E-state index < -0.39 is 9.05 Å². The number of halogens is 1. The van der Waals surface area contributed by atoms with Gasteiger partial charge in [0.2, 0.25) is 0 Å². The molecule has 2 rings (SSSR count). The van der Waals surface area contributed by atoms with Crippen molar-refractivity contribution in [1.29, 1.82) is 0 Å². The molecule has 0 aromatic heterocycles. The van der Waals surface area contributed by atoms with E-state index in [9.17, 15) is 8.42 Å². The molecule has 1 aliphatic heterocycles. The first-order chi connectivity index (χ1) is 8.38. The van der Waals surface area contributed by atoms with Gasteiger partial charge < -0.3 is 9.80 Å². The van der Waals surface area contributed by atoms with Crippen LogP contribution in [-0.4, -0.2) is 46.5 Å². The van der Waals surface area contributed by atoms with Crippen LogP contribution in [0.2, 0.25) is 0 Å². The Hall–Kier alpha value is -0.780. The summed E-state index contributed by atoms with van der Waals surface area (Å²) < 4.78 is 22.3. The van der Waals surface area contributed by atoms with E-state index in [1.165, 1.54) is 0 Å². The first kappa shape index (κ1) is 13.6. The van der Waals surface area contributed by atoms with E-state index in [-0.39, 0.29) is 4.90 Å². The molecule has 0 amide bonds. The molecule has 0 bridgehead atoms. The number of rotatable bonds is 3. The van der Waals surface area contributed by atoms with E-state index in [0.717, 1.165) is 25.2 Å². The Labute approximate surface area is 113 Å². The molecule has 1 aliphatic rings. The summed E-state index contributed by atoms with van der Waals surface area (Å²) in [6, 6.07) is 7.29. The van der Waals surface area contributed by atoms with Crippen molar-refractivity contribution in [1.82, 2.24) is 4.90 Å². The average Bonchev–Trinajstić information content (AvgIpc) is 2.77. The summed E-state index contributed by atoms with van der Waals surface area (Å²) in [7, 11) is 5.83. The largest absolute Gasteiger partial charge is 0.370 e. The highest BCUT2D eigenvalue weighted by atomic mass is 35.7. The first-order valence-electron chi connectivity index (χ1n) is 5.84. The molecule has 1 heterocycles. The third-order valence-corrected chi connectivity index (χ3v) is 4.75. The number of hydrogen-bond donors (Lipinski definition) is 0. The molecule has 100 valence electrons. The van der Waals surface area contributed by atoms with Crippen LogP contribution >= 0.6 is 10.7 Å². The summed E-state index contributed by atoms with van der Waals surface area (Å²) in [6.45, 7) is 1.97. The van der Waals surface area contributed by atoms with Gasteiger partial charge in [-0.1, -0.05) is 0 Å². The lowest BCUT2D eigenvalue weighted by atomic mass is 10.2. The Kier molecular flexibility index (Phi) is 3.84. The molecule has 1 aromatic rings. The van der Waals surface area contributed by atoms with Crippen molar-refractivity contribution in [3.8, 4) is 0 Å². The molecule has 1 unspecified atom stereocenters. The SMILES string of the molecule is CN(C)C1CCN(c2ccc(S(=O)(=O)Cl)cc2)C1. The Bertz CT molecular complexity index is 513. The summed E-state index contributed by atoms with van der Waals surface area (Å²) >= 11 is 0. The molecule has 18 heavy (non-hydrogen) atoms. The Balaban J connectivity index is 2.12. The molecule has 1 atom stereocenters. The molecule has 1 saturated heterocycles. The van der Waals surface area contributed by atoms with Crippen LogP contribution in [0.5, 0.6) is 0 Å². The van der Waals surface area contributed by atoms with Gasteiger partial charge in [-0.3, -0.25) is 0 Å². The minimum atomic E-state index is -3.62. The van der Waals surface area contributed by atoms with Gasteiger partial charge in [-0.15, -0.1) is 0 Å². The molecule has 1 fully saturated rings. The van der Waals surface area contributed by atoms with Gasteiger partial charge in [0.1, 0.15) is 0 Å². The number of benzene rings is 1. The number of nitrogens with zero attached hydrogens (tertiary/aromatic N) is 2. The molecule has 0 radical (unpaired) electrons. The van der Waals surface area contributed by atoms with Gasteiger partial charge in [-0.2, -0.15) is 0 Å². The van der Waals surface area contributed by atoms with E-state index in [1.54, 1.807) is 12.1 Å². The van der Waals surface area contributed by atoms with E-state index in [1.807, 2.05) is 12.1 Å². The quantitative estimate of drug-likeness (QED) is 0.795. The van der Waals surface area contributed by atoms with Crippen molar-refractivity contribution in [2.45, 2.75) is 17.4 Å². The van der Waals surface area contributed by atoms with E-state index >= 15 is 0 Å². The van der Waals surface area contributed by atoms with Crippen LogP contribution < -0.4 is 4.90 Å². The van der Waals surface area contributed by atoms with E-state index in [4.69, 9.17) is 10.7 Å². The van der Waals surface area contributed by atoms with Gasteiger partial charge in [0, 0.05) is 35.5 Å². The molecule has 0 N–H and O–H groups in total. The van der Waals surface area contributed by atoms with Gasteiger partial charge in [0.05, 0.1) is 4.90 Å². The zero-order valence-electron chi connectivity index (χ0n) is 10.5. The van der Waals surface area contributed by atoms with Gasteiger partial charge in [0.15, 0.2) is 0 Å². The minimum absolute atomic E-state index is 0.149. The van der Waals surface area contributed by atoms with Crippen LogP contribution in [0.25, 0.3) is 0 Å². The van der Waals surface area contributed by atoms with E-state index in [0.29, 0.717) is 6.04 Å². The zero-order chi connectivity index (χ0) is 13.3. The monoisotopic (exact) mass is 288 g/mol. The van der Waals surface area contributed by atoms with Crippen LogP contribution in [0.4, 0.5) is 5.69 Å². The summed E-state index contributed by atoms with van der Waals surface area (Å²) in [5.74, 6) is 0. The molecular weight excluding hydrogens is 272 g/mol. The minimum Gasteiger partial charge on any atom is -0.370 e. The fraction of sp³-hybridized carbons (Fsp3) is 0.500. The highest BCUT2D eigenvalue weighted by Gasteiger charge is 2.24. The van der Waals surface area contributed by atoms with Gasteiger partial charge in [-0.25, -0.2) is 8.42 Å². The lowest BCUT2D eigenvalue weighted by Gasteiger charge is -2.21. The standard InChI is InChI=1S/C12H17ClN2O2S/c1-14(2)11-7-8-15(9-11)10-3-5-12(6-4-10)18(13,16)17/h3-6,11H,7-9H2,1-2H3. The van der Waals surface area contributed by atoms with Crippen molar-refractivity contribution in [3.05, 3.63) is 24.3 Å². The molecule has 6 heteroatoms. The van der Waals surface area contributed by atoms with Crippen LogP contribution in [0, 0.1) is 0 Å². The molecule has 4 nitrogen and oxygen atoms in total. The Morgan fingerprint density at radius 1 is 1.28 bits per heavy atom. The molecule has 0 aliphatic carbocycles. The molecule has 1 aromatic carbocycles. The number of hydrogen-bond acceptors (Lipinski definition) is 4. The first-order valence-corrected chi connectivity index (χ1v) is 8.15. The van der Waals surface area contributed by atoms with E-state index in [2.05, 4.69) is 23.9 Å².